The number of dihydropyridines is 1. The highest BCUT2D eigenvalue weighted by Crippen LogP contribution is 2.48. The van der Waals surface area contributed by atoms with Gasteiger partial charge in [0.05, 0.1) is 38.4 Å². The SMILES string of the molecule is COc1ccc([C@H]2CC(=O)C3=C(C2)NC(C)=C(C(=O)OCCOC(C)C)[C@H]3c2c(F)cccc2Cl)cc1OC. The first-order chi connectivity index (χ1) is 18.7. The monoisotopic (exact) mass is 557 g/mol. The van der Waals surface area contributed by atoms with Crippen LogP contribution in [0.4, 0.5) is 4.39 Å². The first-order valence-electron chi connectivity index (χ1n) is 12.8. The van der Waals surface area contributed by atoms with Crippen molar-refractivity contribution in [2.24, 2.45) is 0 Å². The second-order valence-electron chi connectivity index (χ2n) is 9.82. The summed E-state index contributed by atoms with van der Waals surface area (Å²) in [5.41, 5.74) is 2.58. The van der Waals surface area contributed by atoms with E-state index in [2.05, 4.69) is 5.32 Å². The number of carbonyl (C=O) groups is 2. The van der Waals surface area contributed by atoms with Crippen molar-refractivity contribution in [2.75, 3.05) is 27.4 Å². The molecule has 2 atom stereocenters. The summed E-state index contributed by atoms with van der Waals surface area (Å²) in [5.74, 6) is -1.46. The lowest BCUT2D eigenvalue weighted by Crippen LogP contribution is -2.36. The molecular weight excluding hydrogens is 525 g/mol. The largest absolute Gasteiger partial charge is 0.493 e. The minimum Gasteiger partial charge on any atom is -0.493 e. The van der Waals surface area contributed by atoms with Gasteiger partial charge < -0.3 is 24.3 Å². The lowest BCUT2D eigenvalue weighted by Gasteiger charge is -2.37. The smallest absolute Gasteiger partial charge is 0.336 e. The Morgan fingerprint density at radius 2 is 1.85 bits per heavy atom. The molecular formula is C30H33ClFNO6. The third-order valence-electron chi connectivity index (χ3n) is 6.98. The Morgan fingerprint density at radius 1 is 1.10 bits per heavy atom. The van der Waals surface area contributed by atoms with Crippen LogP contribution in [0.1, 0.15) is 56.6 Å². The van der Waals surface area contributed by atoms with Gasteiger partial charge in [0.2, 0.25) is 0 Å². The second-order valence-corrected chi connectivity index (χ2v) is 10.2. The molecule has 1 aliphatic heterocycles. The van der Waals surface area contributed by atoms with Crippen LogP contribution in [0.5, 0.6) is 11.5 Å². The molecule has 208 valence electrons. The number of Topliss-reactive ketones (excluding diaryl/α,β-unsaturated/α-hetero) is 1. The maximum absolute atomic E-state index is 15.3. The first kappa shape index (κ1) is 28.6. The van der Waals surface area contributed by atoms with E-state index in [-0.39, 0.29) is 53.6 Å². The summed E-state index contributed by atoms with van der Waals surface area (Å²) < 4.78 is 37.1. The molecule has 2 aromatic carbocycles. The van der Waals surface area contributed by atoms with E-state index in [1.54, 1.807) is 33.3 Å². The highest BCUT2D eigenvalue weighted by molar-refractivity contribution is 6.31. The summed E-state index contributed by atoms with van der Waals surface area (Å²) in [6, 6.07) is 9.89. The summed E-state index contributed by atoms with van der Waals surface area (Å²) in [6.07, 6.45) is 0.626. The molecule has 1 aliphatic carbocycles. The van der Waals surface area contributed by atoms with E-state index in [0.717, 1.165) is 5.56 Å². The number of benzene rings is 2. The van der Waals surface area contributed by atoms with Gasteiger partial charge in [-0.3, -0.25) is 4.79 Å². The molecule has 0 fully saturated rings. The molecule has 4 rings (SSSR count). The number of methoxy groups -OCH3 is 2. The van der Waals surface area contributed by atoms with E-state index in [9.17, 15) is 9.59 Å². The third-order valence-corrected chi connectivity index (χ3v) is 7.31. The lowest BCUT2D eigenvalue weighted by atomic mass is 9.71. The second kappa shape index (κ2) is 12.2. The van der Waals surface area contributed by atoms with Crippen LogP contribution in [-0.4, -0.2) is 45.3 Å². The van der Waals surface area contributed by atoms with Crippen molar-refractivity contribution in [3.63, 3.8) is 0 Å². The van der Waals surface area contributed by atoms with Crippen LogP contribution in [0.2, 0.25) is 5.02 Å². The van der Waals surface area contributed by atoms with Crippen molar-refractivity contribution in [3.8, 4) is 11.5 Å². The molecule has 39 heavy (non-hydrogen) atoms. The summed E-state index contributed by atoms with van der Waals surface area (Å²) in [6.45, 7) is 5.72. The Balaban J connectivity index is 1.73. The zero-order valence-corrected chi connectivity index (χ0v) is 23.5. The summed E-state index contributed by atoms with van der Waals surface area (Å²) in [5, 5.41) is 3.39. The van der Waals surface area contributed by atoms with Gasteiger partial charge in [0.15, 0.2) is 17.3 Å². The van der Waals surface area contributed by atoms with Crippen LogP contribution in [0.3, 0.4) is 0 Å². The molecule has 1 N–H and O–H groups in total. The average Bonchev–Trinajstić information content (AvgIpc) is 2.89. The number of esters is 1. The van der Waals surface area contributed by atoms with Crippen LogP contribution < -0.4 is 14.8 Å². The van der Waals surface area contributed by atoms with Crippen molar-refractivity contribution in [2.45, 2.75) is 51.6 Å². The Labute approximate surface area is 232 Å². The fourth-order valence-corrected chi connectivity index (χ4v) is 5.50. The quantitative estimate of drug-likeness (QED) is 0.307. The number of rotatable bonds is 9. The van der Waals surface area contributed by atoms with E-state index in [1.807, 2.05) is 26.0 Å². The zero-order valence-electron chi connectivity index (χ0n) is 22.7. The van der Waals surface area contributed by atoms with E-state index in [0.29, 0.717) is 34.9 Å². The number of hydrogen-bond acceptors (Lipinski definition) is 7. The molecule has 0 bridgehead atoms. The van der Waals surface area contributed by atoms with Gasteiger partial charge in [-0.1, -0.05) is 23.7 Å². The van der Waals surface area contributed by atoms with Gasteiger partial charge in [0.1, 0.15) is 12.4 Å². The van der Waals surface area contributed by atoms with E-state index in [1.165, 1.54) is 12.1 Å². The van der Waals surface area contributed by atoms with Gasteiger partial charge in [-0.15, -0.1) is 0 Å². The molecule has 0 aromatic heterocycles. The summed E-state index contributed by atoms with van der Waals surface area (Å²) in [4.78, 5) is 27.1. The molecule has 0 radical (unpaired) electrons. The molecule has 2 aromatic rings. The molecule has 9 heteroatoms. The number of nitrogens with one attached hydrogen (secondary N) is 1. The highest BCUT2D eigenvalue weighted by Gasteiger charge is 2.43. The van der Waals surface area contributed by atoms with Crippen LogP contribution in [0, 0.1) is 5.82 Å². The van der Waals surface area contributed by atoms with E-state index >= 15 is 4.39 Å². The fourth-order valence-electron chi connectivity index (χ4n) is 5.22. The standard InChI is InChI=1S/C30H33ClFNO6/c1-16(2)38-11-12-39-30(35)26-17(3)33-22-13-19(18-9-10-24(36-4)25(15-18)37-5)14-23(34)28(22)29(26)27-20(31)7-6-8-21(27)32/h6-10,15-16,19,29,33H,11-14H2,1-5H3/t19-,29+/m1/s1. The molecule has 7 nitrogen and oxygen atoms in total. The van der Waals surface area contributed by atoms with Crippen LogP contribution in [0.25, 0.3) is 0 Å². The topological polar surface area (TPSA) is 83.1 Å². The number of allylic oxidation sites excluding steroid dienone is 3. The van der Waals surface area contributed by atoms with Crippen molar-refractivity contribution in [1.29, 1.82) is 0 Å². The Morgan fingerprint density at radius 3 is 2.51 bits per heavy atom. The highest BCUT2D eigenvalue weighted by atomic mass is 35.5. The molecule has 1 heterocycles. The predicted octanol–water partition coefficient (Wildman–Crippen LogP) is 5.83. The van der Waals surface area contributed by atoms with Crippen molar-refractivity contribution in [3.05, 3.63) is 80.9 Å². The lowest BCUT2D eigenvalue weighted by molar-refractivity contribution is -0.141. The number of ketones is 1. The van der Waals surface area contributed by atoms with Crippen LogP contribution in [-0.2, 0) is 19.1 Å². The maximum atomic E-state index is 15.3. The molecule has 0 saturated heterocycles. The molecule has 0 amide bonds. The number of carbonyl (C=O) groups excluding carboxylic acids is 2. The number of hydrogen-bond donors (Lipinski definition) is 1. The van der Waals surface area contributed by atoms with Gasteiger partial charge in [0.25, 0.3) is 0 Å². The van der Waals surface area contributed by atoms with E-state index in [4.69, 9.17) is 30.5 Å². The molecule has 2 aliphatic rings. The van der Waals surface area contributed by atoms with Crippen LogP contribution >= 0.6 is 11.6 Å². The van der Waals surface area contributed by atoms with Gasteiger partial charge in [0, 0.05) is 34.0 Å². The Kier molecular flexibility index (Phi) is 8.97. The Hall–Kier alpha value is -3.36. The van der Waals surface area contributed by atoms with E-state index < -0.39 is 17.7 Å². The van der Waals surface area contributed by atoms with Crippen molar-refractivity contribution >= 4 is 23.4 Å². The summed E-state index contributed by atoms with van der Waals surface area (Å²) in [7, 11) is 3.12. The average molecular weight is 558 g/mol. The van der Waals surface area contributed by atoms with Crippen molar-refractivity contribution < 1.29 is 32.9 Å². The number of halogens is 2. The first-order valence-corrected chi connectivity index (χ1v) is 13.2. The summed E-state index contributed by atoms with van der Waals surface area (Å²) >= 11 is 6.49. The predicted molar refractivity (Wildman–Crippen MR) is 146 cm³/mol. The van der Waals surface area contributed by atoms with Crippen LogP contribution in [0.15, 0.2) is 58.9 Å². The molecule has 0 spiro atoms. The van der Waals surface area contributed by atoms with Gasteiger partial charge in [-0.2, -0.15) is 0 Å². The molecule has 0 unspecified atom stereocenters. The van der Waals surface area contributed by atoms with Crippen molar-refractivity contribution in [1.82, 2.24) is 5.32 Å². The molecule has 0 saturated carbocycles. The van der Waals surface area contributed by atoms with Gasteiger partial charge in [-0.25, -0.2) is 9.18 Å². The Bertz CT molecular complexity index is 1310. The minimum absolute atomic E-state index is 0.0165. The minimum atomic E-state index is -1.01. The van der Waals surface area contributed by atoms with Gasteiger partial charge in [-0.05, 0) is 62.9 Å². The van der Waals surface area contributed by atoms with Gasteiger partial charge >= 0.3 is 5.97 Å². The third kappa shape index (κ3) is 5.97. The maximum Gasteiger partial charge on any atom is 0.336 e. The zero-order chi connectivity index (χ0) is 28.3. The number of ether oxygens (including phenoxy) is 4. The fraction of sp³-hybridized carbons (Fsp3) is 0.400. The normalized spacial score (nSPS) is 19.1.